The summed E-state index contributed by atoms with van der Waals surface area (Å²) in [5, 5.41) is 0. The second-order valence-electron chi connectivity index (χ2n) is 7.96. The maximum Gasteiger partial charge on any atom is 0.332 e. The number of hydrogen-bond acceptors (Lipinski definition) is 4. The molecule has 0 aliphatic heterocycles. The molecule has 0 aliphatic rings. The Morgan fingerprint density at radius 2 is 1.70 bits per heavy atom. The monoisotopic (exact) mass is 447 g/mol. The number of ether oxygens (including phenoxy) is 1. The molecule has 2 aromatic carbocycles. The number of methoxy groups -OCH3 is 1. The number of aromatic nitrogens is 5. The maximum atomic E-state index is 13.6. The molecule has 168 valence electrons. The molecule has 0 unspecified atom stereocenters. The molecule has 0 saturated heterocycles. The molecule has 5 rings (SSSR count). The molecule has 0 spiro atoms. The molecule has 9 heteroatoms. The Balaban J connectivity index is 1.84. The Kier molecular flexibility index (Phi) is 4.70. The van der Waals surface area contributed by atoms with Crippen LogP contribution in [-0.4, -0.2) is 30.2 Å². The summed E-state index contributed by atoms with van der Waals surface area (Å²) in [5.41, 5.74) is 2.80. The Labute approximate surface area is 187 Å². The highest BCUT2D eigenvalue weighted by Gasteiger charge is 2.24. The van der Waals surface area contributed by atoms with E-state index in [4.69, 9.17) is 9.72 Å². The molecular weight excluding hydrogens is 425 g/mol. The summed E-state index contributed by atoms with van der Waals surface area (Å²) in [5.74, 6) is 0.791. The van der Waals surface area contributed by atoms with E-state index in [1.807, 2.05) is 42.7 Å². The van der Waals surface area contributed by atoms with E-state index >= 15 is 0 Å². The van der Waals surface area contributed by atoms with Crippen molar-refractivity contribution in [3.05, 3.63) is 92.1 Å². The van der Waals surface area contributed by atoms with E-state index < -0.39 is 11.2 Å². The zero-order valence-electron chi connectivity index (χ0n) is 18.7. The minimum absolute atomic E-state index is 0.0280. The maximum absolute atomic E-state index is 13.6. The summed E-state index contributed by atoms with van der Waals surface area (Å²) in [4.78, 5) is 31.3. The molecule has 0 aliphatic carbocycles. The first-order chi connectivity index (χ1) is 15.8. The van der Waals surface area contributed by atoms with Gasteiger partial charge in [-0.3, -0.25) is 22.9 Å². The van der Waals surface area contributed by atoms with Gasteiger partial charge in [-0.25, -0.2) is 9.18 Å². The number of imidazole rings is 2. The second-order valence-corrected chi connectivity index (χ2v) is 7.96. The molecule has 0 fully saturated rings. The van der Waals surface area contributed by atoms with Crippen molar-refractivity contribution in [3.8, 4) is 11.4 Å². The van der Waals surface area contributed by atoms with Crippen LogP contribution in [0.4, 0.5) is 4.39 Å². The van der Waals surface area contributed by atoms with Gasteiger partial charge in [-0.1, -0.05) is 24.3 Å². The lowest BCUT2D eigenvalue weighted by Gasteiger charge is -2.11. The minimum atomic E-state index is -0.490. The molecule has 3 aromatic heterocycles. The number of nitrogens with zero attached hydrogens (tertiary/aromatic N) is 5. The topological polar surface area (TPSA) is 75.5 Å². The van der Waals surface area contributed by atoms with Gasteiger partial charge in [0, 0.05) is 18.4 Å². The van der Waals surface area contributed by atoms with Gasteiger partial charge in [-0.15, -0.1) is 0 Å². The van der Waals surface area contributed by atoms with Crippen LogP contribution in [0.25, 0.3) is 22.6 Å². The van der Waals surface area contributed by atoms with Crippen molar-refractivity contribution in [3.63, 3.8) is 0 Å². The van der Waals surface area contributed by atoms with Gasteiger partial charge in [-0.2, -0.15) is 4.98 Å². The van der Waals surface area contributed by atoms with Crippen LogP contribution in [0.2, 0.25) is 0 Å². The summed E-state index contributed by atoms with van der Waals surface area (Å²) >= 11 is 0. The first kappa shape index (κ1) is 20.7. The van der Waals surface area contributed by atoms with E-state index in [2.05, 4.69) is 0 Å². The third-order valence-electron chi connectivity index (χ3n) is 6.10. The number of halogens is 1. The van der Waals surface area contributed by atoms with Crippen LogP contribution in [0.5, 0.6) is 5.75 Å². The molecule has 0 N–H and O–H groups in total. The normalized spacial score (nSPS) is 11.5. The quantitative estimate of drug-likeness (QED) is 0.425. The highest BCUT2D eigenvalue weighted by molar-refractivity contribution is 5.77. The first-order valence-electron chi connectivity index (χ1n) is 10.4. The number of para-hydroxylation sites is 2. The van der Waals surface area contributed by atoms with Gasteiger partial charge in [0.1, 0.15) is 11.6 Å². The second kappa shape index (κ2) is 7.47. The molecule has 0 amide bonds. The number of fused-ring (bicyclic) bond motifs is 3. The zero-order valence-corrected chi connectivity index (χ0v) is 18.7. The minimum Gasteiger partial charge on any atom is -0.495 e. The lowest BCUT2D eigenvalue weighted by Crippen LogP contribution is -2.39. The van der Waals surface area contributed by atoms with Crippen LogP contribution in [0.15, 0.2) is 58.1 Å². The van der Waals surface area contributed by atoms with Crippen LogP contribution in [0.3, 0.4) is 0 Å². The fourth-order valence-corrected chi connectivity index (χ4v) is 4.27. The summed E-state index contributed by atoms with van der Waals surface area (Å²) in [6.07, 6.45) is 0. The Hall–Kier alpha value is -4.14. The van der Waals surface area contributed by atoms with Crippen molar-refractivity contribution >= 4 is 16.9 Å². The average Bonchev–Trinajstić information content (AvgIpc) is 3.32. The standard InChI is InChI=1S/C24H22FN5O3/c1-14-15(2)30-20-21(26-23(30)29(14)18-7-5-6-8-19(18)33-4)27(3)24(32)28(22(20)31)13-16-9-11-17(25)12-10-16/h5-12H,13H2,1-4H3. The SMILES string of the molecule is COc1ccccc1-n1c(C)c(C)n2c3c(=O)n(Cc4ccc(F)cc4)c(=O)n(C)c3nc12. The predicted molar refractivity (Wildman–Crippen MR) is 123 cm³/mol. The lowest BCUT2D eigenvalue weighted by molar-refractivity contribution is 0.413. The number of rotatable bonds is 4. The van der Waals surface area contributed by atoms with E-state index in [0.29, 0.717) is 28.3 Å². The molecule has 8 nitrogen and oxygen atoms in total. The van der Waals surface area contributed by atoms with Crippen LogP contribution < -0.4 is 16.0 Å². The molecule has 5 aromatic rings. The van der Waals surface area contributed by atoms with Crippen molar-refractivity contribution < 1.29 is 9.13 Å². The van der Waals surface area contributed by atoms with Crippen LogP contribution >= 0.6 is 0 Å². The Bertz CT molecular complexity index is 1650. The van der Waals surface area contributed by atoms with Crippen molar-refractivity contribution in [2.24, 2.45) is 7.05 Å². The van der Waals surface area contributed by atoms with Gasteiger partial charge < -0.3 is 4.74 Å². The summed E-state index contributed by atoms with van der Waals surface area (Å²) in [7, 11) is 3.19. The van der Waals surface area contributed by atoms with E-state index in [1.54, 1.807) is 30.7 Å². The number of aryl methyl sites for hydroxylation is 2. The lowest BCUT2D eigenvalue weighted by atomic mass is 10.2. The average molecular weight is 447 g/mol. The van der Waals surface area contributed by atoms with Gasteiger partial charge >= 0.3 is 5.69 Å². The number of hydrogen-bond donors (Lipinski definition) is 0. The van der Waals surface area contributed by atoms with E-state index in [1.165, 1.54) is 16.7 Å². The molecular formula is C24H22FN5O3. The third kappa shape index (κ3) is 3.00. The van der Waals surface area contributed by atoms with E-state index in [-0.39, 0.29) is 12.4 Å². The summed E-state index contributed by atoms with van der Waals surface area (Å²) in [6.45, 7) is 3.88. The predicted octanol–water partition coefficient (Wildman–Crippen LogP) is 2.95. The molecule has 33 heavy (non-hydrogen) atoms. The summed E-state index contributed by atoms with van der Waals surface area (Å²) < 4.78 is 25.1. The van der Waals surface area contributed by atoms with Gasteiger partial charge in [0.2, 0.25) is 5.78 Å². The van der Waals surface area contributed by atoms with Gasteiger partial charge in [0.25, 0.3) is 5.56 Å². The van der Waals surface area contributed by atoms with E-state index in [0.717, 1.165) is 21.6 Å². The smallest absolute Gasteiger partial charge is 0.332 e. The molecule has 0 atom stereocenters. The molecule has 3 heterocycles. The fourth-order valence-electron chi connectivity index (χ4n) is 4.27. The van der Waals surface area contributed by atoms with Crippen LogP contribution in [-0.2, 0) is 13.6 Å². The largest absolute Gasteiger partial charge is 0.495 e. The highest BCUT2D eigenvalue weighted by Crippen LogP contribution is 2.29. The van der Waals surface area contributed by atoms with Crippen molar-refractivity contribution in [1.82, 2.24) is 23.1 Å². The van der Waals surface area contributed by atoms with Gasteiger partial charge in [0.05, 0.1) is 19.3 Å². The highest BCUT2D eigenvalue weighted by atomic mass is 19.1. The molecule has 0 radical (unpaired) electrons. The third-order valence-corrected chi connectivity index (χ3v) is 6.10. The van der Waals surface area contributed by atoms with Gasteiger partial charge in [0.15, 0.2) is 11.2 Å². The van der Waals surface area contributed by atoms with E-state index in [9.17, 15) is 14.0 Å². The molecule has 0 bridgehead atoms. The Morgan fingerprint density at radius 3 is 2.39 bits per heavy atom. The van der Waals surface area contributed by atoms with Crippen molar-refractivity contribution in [2.45, 2.75) is 20.4 Å². The van der Waals surface area contributed by atoms with Crippen LogP contribution in [0, 0.1) is 19.7 Å². The molecule has 0 saturated carbocycles. The Morgan fingerprint density at radius 1 is 1.00 bits per heavy atom. The fraction of sp³-hybridized carbons (Fsp3) is 0.208. The summed E-state index contributed by atoms with van der Waals surface area (Å²) in [6, 6.07) is 13.3. The van der Waals surface area contributed by atoms with Crippen molar-refractivity contribution in [2.75, 3.05) is 7.11 Å². The first-order valence-corrected chi connectivity index (χ1v) is 10.4. The number of benzene rings is 2. The van der Waals surface area contributed by atoms with Gasteiger partial charge in [-0.05, 0) is 43.7 Å². The van der Waals surface area contributed by atoms with Crippen molar-refractivity contribution in [1.29, 1.82) is 0 Å². The van der Waals surface area contributed by atoms with Crippen LogP contribution in [0.1, 0.15) is 17.0 Å². The zero-order chi connectivity index (χ0) is 23.4.